The Bertz CT molecular complexity index is 793. The van der Waals surface area contributed by atoms with Gasteiger partial charge in [0, 0.05) is 38.9 Å². The summed E-state index contributed by atoms with van der Waals surface area (Å²) < 4.78 is 1.73. The first kappa shape index (κ1) is 19.4. The molecule has 2 aromatic rings. The monoisotopic (exact) mass is 371 g/mol. The van der Waals surface area contributed by atoms with Crippen LogP contribution in [0.4, 0.5) is 0 Å². The van der Waals surface area contributed by atoms with Crippen molar-refractivity contribution < 1.29 is 9.59 Å². The number of carbonyl (C=O) groups is 2. The number of nitrogens with one attached hydrogen (secondary N) is 1. The Labute approximate surface area is 160 Å². The van der Waals surface area contributed by atoms with E-state index in [9.17, 15) is 9.59 Å². The van der Waals surface area contributed by atoms with Gasteiger partial charge >= 0.3 is 0 Å². The lowest BCUT2D eigenvalue weighted by molar-refractivity contribution is 0.0630. The van der Waals surface area contributed by atoms with Gasteiger partial charge in [-0.3, -0.25) is 14.0 Å². The fourth-order valence-electron chi connectivity index (χ4n) is 3.43. The second-order valence-corrected chi connectivity index (χ2v) is 6.93. The van der Waals surface area contributed by atoms with E-state index in [0.717, 1.165) is 38.9 Å². The molecule has 2 amide bonds. The number of pyridine rings is 1. The average Bonchev–Trinajstić information content (AvgIpc) is 3.10. The molecule has 2 aromatic heterocycles. The first-order valence-electron chi connectivity index (χ1n) is 9.92. The average molecular weight is 371 g/mol. The van der Waals surface area contributed by atoms with Crippen molar-refractivity contribution in [3.8, 4) is 0 Å². The molecule has 0 unspecified atom stereocenters. The van der Waals surface area contributed by atoms with E-state index < -0.39 is 0 Å². The number of unbranched alkanes of at least 4 members (excludes halogenated alkanes) is 2. The molecule has 1 aliphatic heterocycles. The lowest BCUT2D eigenvalue weighted by Gasteiger charge is -2.33. The predicted octanol–water partition coefficient (Wildman–Crippen LogP) is 2.03. The second kappa shape index (κ2) is 8.99. The van der Waals surface area contributed by atoms with Crippen LogP contribution in [0.15, 0.2) is 24.4 Å². The van der Waals surface area contributed by atoms with Gasteiger partial charge in [0.05, 0.1) is 5.52 Å². The molecule has 1 N–H and O–H groups in total. The summed E-state index contributed by atoms with van der Waals surface area (Å²) in [6.45, 7) is 9.00. The summed E-state index contributed by atoms with van der Waals surface area (Å²) in [6, 6.07) is 5.54. The highest BCUT2D eigenvalue weighted by Gasteiger charge is 2.27. The van der Waals surface area contributed by atoms with E-state index in [4.69, 9.17) is 0 Å². The smallest absolute Gasteiger partial charge is 0.290 e. The van der Waals surface area contributed by atoms with Gasteiger partial charge in [-0.25, -0.2) is 4.98 Å². The number of carbonyl (C=O) groups excluding carboxylic acids is 2. The van der Waals surface area contributed by atoms with Gasteiger partial charge in [0.25, 0.3) is 11.8 Å². The van der Waals surface area contributed by atoms with E-state index in [1.54, 1.807) is 10.6 Å². The summed E-state index contributed by atoms with van der Waals surface area (Å²) in [5, 5.41) is 2.92. The van der Waals surface area contributed by atoms with Crippen molar-refractivity contribution in [3.05, 3.63) is 35.9 Å². The summed E-state index contributed by atoms with van der Waals surface area (Å²) in [4.78, 5) is 34.2. The fraction of sp³-hybridized carbons (Fsp3) is 0.550. The number of nitrogens with zero attached hydrogens (tertiary/aromatic N) is 4. The Morgan fingerprint density at radius 2 is 1.89 bits per heavy atom. The molecule has 3 rings (SSSR count). The summed E-state index contributed by atoms with van der Waals surface area (Å²) in [5.41, 5.74) is 0.990. The Kier molecular flexibility index (Phi) is 6.45. The van der Waals surface area contributed by atoms with Crippen LogP contribution in [0, 0.1) is 0 Å². The Morgan fingerprint density at radius 3 is 2.59 bits per heavy atom. The molecule has 0 radical (unpaired) electrons. The van der Waals surface area contributed by atoms with E-state index in [1.165, 1.54) is 0 Å². The number of likely N-dealkylation sites (N-methyl/N-ethyl adjacent to an activating group) is 1. The maximum absolute atomic E-state index is 13.0. The van der Waals surface area contributed by atoms with Crippen molar-refractivity contribution in [3.63, 3.8) is 0 Å². The molecule has 1 aliphatic rings. The summed E-state index contributed by atoms with van der Waals surface area (Å²) in [5.74, 6) is -0.0177. The van der Waals surface area contributed by atoms with Crippen LogP contribution in [0.2, 0.25) is 0 Å². The van der Waals surface area contributed by atoms with E-state index in [2.05, 4.69) is 29.0 Å². The van der Waals surface area contributed by atoms with Crippen LogP contribution < -0.4 is 5.32 Å². The number of aromatic nitrogens is 2. The van der Waals surface area contributed by atoms with Gasteiger partial charge < -0.3 is 15.1 Å². The molecular weight excluding hydrogens is 342 g/mol. The van der Waals surface area contributed by atoms with Crippen molar-refractivity contribution in [1.82, 2.24) is 24.5 Å². The van der Waals surface area contributed by atoms with Crippen LogP contribution >= 0.6 is 0 Å². The Hall–Kier alpha value is -2.41. The van der Waals surface area contributed by atoms with Gasteiger partial charge in [0.15, 0.2) is 5.69 Å². The van der Waals surface area contributed by atoms with E-state index in [0.29, 0.717) is 36.7 Å². The molecule has 1 fully saturated rings. The summed E-state index contributed by atoms with van der Waals surface area (Å²) in [7, 11) is 0. The maximum Gasteiger partial charge on any atom is 0.290 e. The normalized spacial score (nSPS) is 15.3. The van der Waals surface area contributed by atoms with E-state index >= 15 is 0 Å². The molecule has 0 atom stereocenters. The highest BCUT2D eigenvalue weighted by atomic mass is 16.2. The van der Waals surface area contributed by atoms with Gasteiger partial charge in [-0.2, -0.15) is 0 Å². The highest BCUT2D eigenvalue weighted by molar-refractivity contribution is 6.02. The van der Waals surface area contributed by atoms with Crippen molar-refractivity contribution >= 4 is 17.3 Å². The van der Waals surface area contributed by atoms with Crippen LogP contribution in [0.3, 0.4) is 0 Å². The van der Waals surface area contributed by atoms with Crippen LogP contribution in [0.25, 0.3) is 5.52 Å². The molecule has 1 saturated heterocycles. The molecule has 0 spiro atoms. The minimum Gasteiger partial charge on any atom is -0.351 e. The summed E-state index contributed by atoms with van der Waals surface area (Å²) in [6.07, 6.45) is 4.93. The molecule has 146 valence electrons. The van der Waals surface area contributed by atoms with Crippen LogP contribution in [-0.2, 0) is 0 Å². The standard InChI is InChI=1S/C20H29N5O2/c1-3-5-7-10-21-19(26)17-16-9-6-8-11-25(16)18(22-17)20(27)24-14-12-23(4-2)13-15-24/h6,8-9,11H,3-5,7,10,12-15H2,1-2H3,(H,21,26). The Morgan fingerprint density at radius 1 is 1.11 bits per heavy atom. The largest absolute Gasteiger partial charge is 0.351 e. The molecule has 27 heavy (non-hydrogen) atoms. The van der Waals surface area contributed by atoms with Crippen LogP contribution in [0.5, 0.6) is 0 Å². The lowest BCUT2D eigenvalue weighted by atomic mass is 10.2. The number of hydrogen-bond donors (Lipinski definition) is 1. The van der Waals surface area contributed by atoms with Crippen molar-refractivity contribution in [2.75, 3.05) is 39.3 Å². The van der Waals surface area contributed by atoms with Gasteiger partial charge in [-0.1, -0.05) is 32.8 Å². The van der Waals surface area contributed by atoms with Gasteiger partial charge in [-0.05, 0) is 25.1 Å². The second-order valence-electron chi connectivity index (χ2n) is 6.93. The highest BCUT2D eigenvalue weighted by Crippen LogP contribution is 2.16. The molecular formula is C20H29N5O2. The van der Waals surface area contributed by atoms with Crippen molar-refractivity contribution in [2.45, 2.75) is 33.1 Å². The maximum atomic E-state index is 13.0. The number of rotatable bonds is 7. The zero-order chi connectivity index (χ0) is 19.2. The Balaban J connectivity index is 1.80. The zero-order valence-corrected chi connectivity index (χ0v) is 16.3. The molecule has 0 bridgehead atoms. The minimum atomic E-state index is -0.218. The number of piperazine rings is 1. The fourth-order valence-corrected chi connectivity index (χ4v) is 3.43. The van der Waals surface area contributed by atoms with Crippen molar-refractivity contribution in [1.29, 1.82) is 0 Å². The molecule has 3 heterocycles. The van der Waals surface area contributed by atoms with Crippen LogP contribution in [0.1, 0.15) is 54.2 Å². The lowest BCUT2D eigenvalue weighted by Crippen LogP contribution is -2.48. The number of imidazole rings is 1. The van der Waals surface area contributed by atoms with Gasteiger partial charge in [0.2, 0.25) is 5.82 Å². The number of fused-ring (bicyclic) bond motifs is 1. The first-order valence-corrected chi connectivity index (χ1v) is 9.92. The molecule has 7 heteroatoms. The third-order valence-corrected chi connectivity index (χ3v) is 5.13. The van der Waals surface area contributed by atoms with Gasteiger partial charge in [0.1, 0.15) is 0 Å². The predicted molar refractivity (Wildman–Crippen MR) is 105 cm³/mol. The molecule has 0 aliphatic carbocycles. The first-order chi connectivity index (χ1) is 13.2. The molecule has 7 nitrogen and oxygen atoms in total. The molecule has 0 saturated carbocycles. The number of hydrogen-bond acceptors (Lipinski definition) is 4. The topological polar surface area (TPSA) is 70.0 Å². The van der Waals surface area contributed by atoms with Gasteiger partial charge in [-0.15, -0.1) is 0 Å². The summed E-state index contributed by atoms with van der Waals surface area (Å²) >= 11 is 0. The molecule has 0 aromatic carbocycles. The minimum absolute atomic E-state index is 0.114. The van der Waals surface area contributed by atoms with E-state index in [1.807, 2.05) is 23.1 Å². The number of amides is 2. The quantitative estimate of drug-likeness (QED) is 0.756. The van der Waals surface area contributed by atoms with Crippen molar-refractivity contribution in [2.24, 2.45) is 0 Å². The van der Waals surface area contributed by atoms with Crippen LogP contribution in [-0.4, -0.2) is 70.3 Å². The SMILES string of the molecule is CCCCCNC(=O)c1nc(C(=O)N2CCN(CC)CC2)n2ccccc12. The third kappa shape index (κ3) is 4.30. The zero-order valence-electron chi connectivity index (χ0n) is 16.3. The van der Waals surface area contributed by atoms with E-state index in [-0.39, 0.29) is 11.8 Å². The third-order valence-electron chi connectivity index (χ3n) is 5.13.